The molecule has 2 rings (SSSR count). The van der Waals surface area contributed by atoms with Crippen molar-refractivity contribution >= 4 is 0 Å². The van der Waals surface area contributed by atoms with E-state index in [0.717, 1.165) is 18.5 Å². The van der Waals surface area contributed by atoms with Crippen molar-refractivity contribution in [3.8, 4) is 5.75 Å². The predicted octanol–water partition coefficient (Wildman–Crippen LogP) is 0.538. The van der Waals surface area contributed by atoms with Gasteiger partial charge in [0.1, 0.15) is 5.75 Å². The van der Waals surface area contributed by atoms with E-state index in [1.54, 1.807) is 12.1 Å². The molecule has 1 atom stereocenters. The zero-order valence-electron chi connectivity index (χ0n) is 7.46. The van der Waals surface area contributed by atoms with E-state index in [9.17, 15) is 5.11 Å². The Kier molecular flexibility index (Phi) is 2.20. The maximum atomic E-state index is 9.33. The highest BCUT2D eigenvalue weighted by Crippen LogP contribution is 2.25. The molecule has 3 nitrogen and oxygen atoms in total. The molecule has 0 saturated carbocycles. The van der Waals surface area contributed by atoms with Crippen molar-refractivity contribution in [2.45, 2.75) is 12.5 Å². The number of aromatic hydroxyl groups is 1. The standard InChI is InChI=1S/C10H14N2O/c11-6-10-9-5-8(13)2-1-7(9)3-4-12-10/h1-2,5,10,12-13H,3-4,6,11H2. The van der Waals surface area contributed by atoms with Crippen LogP contribution in [-0.2, 0) is 6.42 Å². The zero-order valence-corrected chi connectivity index (χ0v) is 7.46. The summed E-state index contributed by atoms with van der Waals surface area (Å²) < 4.78 is 0. The Balaban J connectivity index is 2.41. The van der Waals surface area contributed by atoms with Gasteiger partial charge in [-0.05, 0) is 36.2 Å². The number of hydrogen-bond donors (Lipinski definition) is 3. The number of hydrogen-bond acceptors (Lipinski definition) is 3. The normalized spacial score (nSPS) is 21.2. The molecule has 0 aromatic heterocycles. The Labute approximate surface area is 77.6 Å². The van der Waals surface area contributed by atoms with Crippen LogP contribution in [0.15, 0.2) is 18.2 Å². The second-order valence-corrected chi connectivity index (χ2v) is 3.38. The molecule has 70 valence electrons. The topological polar surface area (TPSA) is 58.3 Å². The van der Waals surface area contributed by atoms with Crippen LogP contribution in [0.3, 0.4) is 0 Å². The molecule has 4 N–H and O–H groups in total. The average Bonchev–Trinajstić information content (AvgIpc) is 2.17. The average molecular weight is 178 g/mol. The summed E-state index contributed by atoms with van der Waals surface area (Å²) in [5.74, 6) is 0.320. The fourth-order valence-electron chi connectivity index (χ4n) is 1.84. The Morgan fingerprint density at radius 1 is 1.54 bits per heavy atom. The fourth-order valence-corrected chi connectivity index (χ4v) is 1.84. The van der Waals surface area contributed by atoms with E-state index in [2.05, 4.69) is 5.32 Å². The quantitative estimate of drug-likeness (QED) is 0.588. The van der Waals surface area contributed by atoms with Crippen molar-refractivity contribution in [3.05, 3.63) is 29.3 Å². The van der Waals surface area contributed by atoms with Crippen molar-refractivity contribution in [3.63, 3.8) is 0 Å². The van der Waals surface area contributed by atoms with Crippen LogP contribution >= 0.6 is 0 Å². The minimum atomic E-state index is 0.204. The van der Waals surface area contributed by atoms with Crippen molar-refractivity contribution < 1.29 is 5.11 Å². The summed E-state index contributed by atoms with van der Waals surface area (Å²) in [6.45, 7) is 1.55. The molecule has 0 spiro atoms. The molecular weight excluding hydrogens is 164 g/mol. The van der Waals surface area contributed by atoms with Gasteiger partial charge in [0.15, 0.2) is 0 Å². The summed E-state index contributed by atoms with van der Waals surface area (Å²) in [6.07, 6.45) is 1.02. The molecule has 0 fully saturated rings. The summed E-state index contributed by atoms with van der Waals surface area (Å²) >= 11 is 0. The number of benzene rings is 1. The van der Waals surface area contributed by atoms with Crippen molar-refractivity contribution in [1.82, 2.24) is 5.32 Å². The Hall–Kier alpha value is -1.06. The van der Waals surface area contributed by atoms with E-state index in [1.807, 2.05) is 6.07 Å². The maximum Gasteiger partial charge on any atom is 0.115 e. The van der Waals surface area contributed by atoms with Crippen LogP contribution in [0.25, 0.3) is 0 Å². The first-order valence-corrected chi connectivity index (χ1v) is 4.56. The third-order valence-corrected chi connectivity index (χ3v) is 2.53. The van der Waals surface area contributed by atoms with Crippen LogP contribution < -0.4 is 11.1 Å². The van der Waals surface area contributed by atoms with E-state index in [4.69, 9.17) is 5.73 Å². The van der Waals surface area contributed by atoms with Gasteiger partial charge in [-0.15, -0.1) is 0 Å². The monoisotopic (exact) mass is 178 g/mol. The Morgan fingerprint density at radius 2 is 2.38 bits per heavy atom. The molecule has 1 aliphatic rings. The second kappa shape index (κ2) is 3.36. The van der Waals surface area contributed by atoms with E-state index < -0.39 is 0 Å². The molecule has 13 heavy (non-hydrogen) atoms. The van der Waals surface area contributed by atoms with Gasteiger partial charge in [-0.1, -0.05) is 6.07 Å². The first-order valence-electron chi connectivity index (χ1n) is 4.56. The Bertz CT molecular complexity index is 312. The lowest BCUT2D eigenvalue weighted by Gasteiger charge is -2.25. The van der Waals surface area contributed by atoms with Gasteiger partial charge in [-0.2, -0.15) is 0 Å². The maximum absolute atomic E-state index is 9.33. The third kappa shape index (κ3) is 1.53. The summed E-state index contributed by atoms with van der Waals surface area (Å²) in [7, 11) is 0. The zero-order chi connectivity index (χ0) is 9.26. The smallest absolute Gasteiger partial charge is 0.115 e. The van der Waals surface area contributed by atoms with Crippen molar-refractivity contribution in [2.75, 3.05) is 13.1 Å². The van der Waals surface area contributed by atoms with Crippen LogP contribution in [-0.4, -0.2) is 18.2 Å². The minimum Gasteiger partial charge on any atom is -0.508 e. The lowest BCUT2D eigenvalue weighted by Crippen LogP contribution is -2.34. The van der Waals surface area contributed by atoms with Gasteiger partial charge < -0.3 is 16.2 Å². The third-order valence-electron chi connectivity index (χ3n) is 2.53. The molecule has 3 heteroatoms. The molecule has 1 unspecified atom stereocenters. The van der Waals surface area contributed by atoms with E-state index in [0.29, 0.717) is 12.3 Å². The number of rotatable bonds is 1. The lowest BCUT2D eigenvalue weighted by atomic mass is 9.94. The lowest BCUT2D eigenvalue weighted by molar-refractivity contribution is 0.465. The molecule has 0 radical (unpaired) electrons. The first kappa shape index (κ1) is 8.53. The van der Waals surface area contributed by atoms with E-state index in [-0.39, 0.29) is 6.04 Å². The highest BCUT2D eigenvalue weighted by atomic mass is 16.3. The number of fused-ring (bicyclic) bond motifs is 1. The van der Waals surface area contributed by atoms with Crippen LogP contribution in [0.2, 0.25) is 0 Å². The highest BCUT2D eigenvalue weighted by Gasteiger charge is 2.18. The number of phenolic OH excluding ortho intramolecular Hbond substituents is 1. The summed E-state index contributed by atoms with van der Waals surface area (Å²) in [5.41, 5.74) is 8.07. The van der Waals surface area contributed by atoms with Crippen molar-refractivity contribution in [2.24, 2.45) is 5.73 Å². The Morgan fingerprint density at radius 3 is 3.15 bits per heavy atom. The summed E-state index contributed by atoms with van der Waals surface area (Å²) in [5, 5.41) is 12.6. The van der Waals surface area contributed by atoms with Crippen LogP contribution in [0.5, 0.6) is 5.75 Å². The molecular formula is C10H14N2O. The van der Waals surface area contributed by atoms with Gasteiger partial charge in [0.2, 0.25) is 0 Å². The summed E-state index contributed by atoms with van der Waals surface area (Å²) in [4.78, 5) is 0. The van der Waals surface area contributed by atoms with Gasteiger partial charge >= 0.3 is 0 Å². The first-order chi connectivity index (χ1) is 6.31. The summed E-state index contributed by atoms with van der Waals surface area (Å²) in [6, 6.07) is 5.72. The second-order valence-electron chi connectivity index (χ2n) is 3.38. The largest absolute Gasteiger partial charge is 0.508 e. The van der Waals surface area contributed by atoms with Crippen LogP contribution in [0.1, 0.15) is 17.2 Å². The van der Waals surface area contributed by atoms with Gasteiger partial charge in [-0.3, -0.25) is 0 Å². The number of nitrogens with two attached hydrogens (primary N) is 1. The molecule has 1 aliphatic heterocycles. The van der Waals surface area contributed by atoms with Gasteiger partial charge in [0.05, 0.1) is 0 Å². The molecule has 1 heterocycles. The molecule has 0 saturated heterocycles. The molecule has 0 bridgehead atoms. The van der Waals surface area contributed by atoms with E-state index in [1.165, 1.54) is 5.56 Å². The number of nitrogens with one attached hydrogen (secondary N) is 1. The molecule has 1 aromatic carbocycles. The SMILES string of the molecule is NCC1NCCc2ccc(O)cc21. The fraction of sp³-hybridized carbons (Fsp3) is 0.400. The highest BCUT2D eigenvalue weighted by molar-refractivity contribution is 5.38. The molecule has 0 amide bonds. The van der Waals surface area contributed by atoms with Crippen LogP contribution in [0, 0.1) is 0 Å². The predicted molar refractivity (Wildman–Crippen MR) is 51.6 cm³/mol. The van der Waals surface area contributed by atoms with Gasteiger partial charge in [0, 0.05) is 12.6 Å². The van der Waals surface area contributed by atoms with Crippen molar-refractivity contribution in [1.29, 1.82) is 0 Å². The van der Waals surface area contributed by atoms with Crippen LogP contribution in [0.4, 0.5) is 0 Å². The molecule has 0 aliphatic carbocycles. The minimum absolute atomic E-state index is 0.204. The number of phenols is 1. The van der Waals surface area contributed by atoms with Gasteiger partial charge in [0.25, 0.3) is 0 Å². The van der Waals surface area contributed by atoms with E-state index >= 15 is 0 Å². The van der Waals surface area contributed by atoms with Gasteiger partial charge in [-0.25, -0.2) is 0 Å². The molecule has 1 aromatic rings.